The Balaban J connectivity index is 2.61. The molecule has 0 amide bonds. The zero-order valence-corrected chi connectivity index (χ0v) is 13.3. The third-order valence-corrected chi connectivity index (χ3v) is 3.58. The van der Waals surface area contributed by atoms with Gasteiger partial charge in [0.15, 0.2) is 0 Å². The van der Waals surface area contributed by atoms with Gasteiger partial charge in [-0.3, -0.25) is 0 Å². The van der Waals surface area contributed by atoms with Crippen LogP contribution in [0.25, 0.3) is 11.1 Å². The van der Waals surface area contributed by atoms with Crippen LogP contribution in [0.2, 0.25) is 0 Å². The predicted molar refractivity (Wildman–Crippen MR) is 98.0 cm³/mol. The minimum Gasteiger partial charge on any atom is -0.567 e. The molecule has 0 atom stereocenters. The molecule has 22 heavy (non-hydrogen) atoms. The highest BCUT2D eigenvalue weighted by Gasteiger charge is 2.12. The van der Waals surface area contributed by atoms with Crippen molar-refractivity contribution in [2.24, 2.45) is 0 Å². The summed E-state index contributed by atoms with van der Waals surface area (Å²) >= 11 is 0. The number of benzene rings is 2. The summed E-state index contributed by atoms with van der Waals surface area (Å²) in [6.45, 7) is 7.61. The van der Waals surface area contributed by atoms with Gasteiger partial charge >= 0.3 is 16.1 Å². The number of allylic oxidation sites excluding steroid dienone is 2. The fraction of sp³-hybridized carbons (Fsp3) is 0.111. The lowest BCUT2D eigenvalue weighted by molar-refractivity contribution is 0.608. The second kappa shape index (κ2) is 7.60. The van der Waals surface area contributed by atoms with Gasteiger partial charge in [-0.2, -0.15) is 0 Å². The molecule has 0 spiro atoms. The van der Waals surface area contributed by atoms with E-state index in [2.05, 4.69) is 37.4 Å². The summed E-state index contributed by atoms with van der Waals surface area (Å²) in [6.07, 6.45) is 5.45. The van der Waals surface area contributed by atoms with Crippen LogP contribution in [0.5, 0.6) is 11.5 Å². The van der Waals surface area contributed by atoms with Gasteiger partial charge < -0.3 is 9.31 Å². The van der Waals surface area contributed by atoms with E-state index in [9.17, 15) is 0 Å². The summed E-state index contributed by atoms with van der Waals surface area (Å²) in [6, 6.07) is 12.4. The highest BCUT2D eigenvalue weighted by atomic mass is 16.4. The van der Waals surface area contributed by atoms with Crippen LogP contribution in [0.4, 0.5) is 0 Å². The van der Waals surface area contributed by atoms with E-state index in [0.717, 1.165) is 35.5 Å². The van der Waals surface area contributed by atoms with Gasteiger partial charge in [0.25, 0.3) is 0 Å². The fourth-order valence-electron chi connectivity index (χ4n) is 2.52. The molecule has 0 unspecified atom stereocenters. The van der Waals surface area contributed by atoms with Crippen LogP contribution in [0.1, 0.15) is 11.1 Å². The summed E-state index contributed by atoms with van der Waals surface area (Å²) in [5.41, 5.74) is 4.46. The van der Waals surface area contributed by atoms with Gasteiger partial charge in [-0.05, 0) is 48.2 Å². The van der Waals surface area contributed by atoms with Crippen LogP contribution >= 0.6 is 0 Å². The van der Waals surface area contributed by atoms with Crippen molar-refractivity contribution in [3.63, 3.8) is 0 Å². The SMILES string of the molecule is BOc1ccc(CC=C)cc1-c1cc(CC=C)ccc1OB. The first-order valence-corrected chi connectivity index (χ1v) is 7.29. The Hall–Kier alpha value is -2.35. The van der Waals surface area contributed by atoms with Crippen molar-refractivity contribution in [3.8, 4) is 22.6 Å². The second-order valence-electron chi connectivity index (χ2n) is 5.05. The average molecular weight is 290 g/mol. The standard InChI is InChI=1S/C18H20B2O2/c1-3-5-13-7-9-17(21-19)15(11-13)16-12-14(6-4-2)8-10-18(16)22-20/h3-4,7-12H,1-2,5-6,19-20H2. The first-order chi connectivity index (χ1) is 10.7. The van der Waals surface area contributed by atoms with Crippen LogP contribution in [-0.2, 0) is 12.8 Å². The van der Waals surface area contributed by atoms with Gasteiger partial charge in [-0.15, -0.1) is 13.2 Å². The van der Waals surface area contributed by atoms with Crippen molar-refractivity contribution in [3.05, 3.63) is 72.8 Å². The van der Waals surface area contributed by atoms with Crippen LogP contribution in [-0.4, -0.2) is 16.1 Å². The largest absolute Gasteiger partial charge is 0.567 e. The van der Waals surface area contributed by atoms with Crippen LogP contribution < -0.4 is 9.31 Å². The van der Waals surface area contributed by atoms with Gasteiger partial charge in [0.2, 0.25) is 0 Å². The molecule has 0 aliphatic heterocycles. The first kappa shape index (κ1) is 16.0. The monoisotopic (exact) mass is 290 g/mol. The smallest absolute Gasteiger partial charge is 0.322 e. The third-order valence-electron chi connectivity index (χ3n) is 3.58. The van der Waals surface area contributed by atoms with E-state index in [4.69, 9.17) is 9.31 Å². The molecule has 2 nitrogen and oxygen atoms in total. The van der Waals surface area contributed by atoms with Crippen LogP contribution in [0.3, 0.4) is 0 Å². The molecule has 0 N–H and O–H groups in total. The Morgan fingerprint density at radius 1 is 0.773 bits per heavy atom. The summed E-state index contributed by atoms with van der Waals surface area (Å²) < 4.78 is 11.1. The second-order valence-corrected chi connectivity index (χ2v) is 5.05. The summed E-state index contributed by atoms with van der Waals surface area (Å²) in [5, 5.41) is 0. The zero-order chi connectivity index (χ0) is 15.9. The van der Waals surface area contributed by atoms with E-state index in [1.54, 1.807) is 16.1 Å². The van der Waals surface area contributed by atoms with E-state index >= 15 is 0 Å². The molecule has 110 valence electrons. The zero-order valence-electron chi connectivity index (χ0n) is 13.3. The van der Waals surface area contributed by atoms with E-state index in [1.165, 1.54) is 11.1 Å². The van der Waals surface area contributed by atoms with E-state index in [0.29, 0.717) is 0 Å². The molecule has 2 rings (SSSR count). The maximum atomic E-state index is 5.53. The fourth-order valence-corrected chi connectivity index (χ4v) is 2.52. The number of rotatable bonds is 7. The van der Waals surface area contributed by atoms with E-state index in [-0.39, 0.29) is 0 Å². The van der Waals surface area contributed by atoms with Crippen molar-refractivity contribution < 1.29 is 9.31 Å². The molecule has 0 aliphatic carbocycles. The molecule has 0 radical (unpaired) electrons. The maximum absolute atomic E-state index is 5.53. The van der Waals surface area contributed by atoms with Gasteiger partial charge in [-0.25, -0.2) is 0 Å². The topological polar surface area (TPSA) is 18.5 Å². The van der Waals surface area contributed by atoms with Crippen LogP contribution in [0.15, 0.2) is 61.7 Å². The highest BCUT2D eigenvalue weighted by Crippen LogP contribution is 2.37. The molecule has 0 fully saturated rings. The average Bonchev–Trinajstić information content (AvgIpc) is 2.55. The lowest BCUT2D eigenvalue weighted by Gasteiger charge is -2.16. The molecule has 0 bridgehead atoms. The van der Waals surface area contributed by atoms with Gasteiger partial charge in [-0.1, -0.05) is 24.3 Å². The Labute approximate surface area is 134 Å². The molecule has 0 aliphatic rings. The van der Waals surface area contributed by atoms with Crippen molar-refractivity contribution in [2.75, 3.05) is 0 Å². The lowest BCUT2D eigenvalue weighted by atomic mass is 9.97. The Morgan fingerprint density at radius 3 is 1.50 bits per heavy atom. The summed E-state index contributed by atoms with van der Waals surface area (Å²) in [4.78, 5) is 0. The minimum atomic E-state index is 0.825. The normalized spacial score (nSPS) is 10.0. The van der Waals surface area contributed by atoms with Gasteiger partial charge in [0.05, 0.1) is 0 Å². The molecular weight excluding hydrogens is 270 g/mol. The van der Waals surface area contributed by atoms with Gasteiger partial charge in [0.1, 0.15) is 11.5 Å². The Bertz CT molecular complexity index is 621. The maximum Gasteiger partial charge on any atom is 0.322 e. The molecular formula is C18H20B2O2. The summed E-state index contributed by atoms with van der Waals surface area (Å²) in [5.74, 6) is 1.67. The Kier molecular flexibility index (Phi) is 5.54. The van der Waals surface area contributed by atoms with E-state index < -0.39 is 0 Å². The predicted octanol–water partition coefficient (Wildman–Crippen LogP) is 2.66. The van der Waals surface area contributed by atoms with Crippen molar-refractivity contribution in [1.82, 2.24) is 0 Å². The third kappa shape index (κ3) is 3.45. The highest BCUT2D eigenvalue weighted by molar-refractivity contribution is 6.02. The minimum absolute atomic E-state index is 0.825. The van der Waals surface area contributed by atoms with Gasteiger partial charge in [0, 0.05) is 11.1 Å². The molecule has 2 aromatic rings. The molecule has 0 heterocycles. The Morgan fingerprint density at radius 2 is 1.18 bits per heavy atom. The lowest BCUT2D eigenvalue weighted by Crippen LogP contribution is -1.96. The first-order valence-electron chi connectivity index (χ1n) is 7.29. The molecule has 0 saturated carbocycles. The molecule has 0 saturated heterocycles. The molecule has 0 aromatic heterocycles. The quantitative estimate of drug-likeness (QED) is 0.576. The van der Waals surface area contributed by atoms with Crippen molar-refractivity contribution >= 4 is 16.1 Å². The number of hydrogen-bond donors (Lipinski definition) is 0. The molecule has 4 heteroatoms. The summed E-state index contributed by atoms with van der Waals surface area (Å²) in [7, 11) is 3.37. The van der Waals surface area contributed by atoms with E-state index in [1.807, 2.05) is 24.3 Å². The van der Waals surface area contributed by atoms with Crippen molar-refractivity contribution in [2.45, 2.75) is 12.8 Å². The van der Waals surface area contributed by atoms with Crippen LogP contribution in [0, 0.1) is 0 Å². The molecule has 2 aromatic carbocycles. The van der Waals surface area contributed by atoms with Crippen molar-refractivity contribution in [1.29, 1.82) is 0 Å². The number of hydrogen-bond acceptors (Lipinski definition) is 2.